The summed E-state index contributed by atoms with van der Waals surface area (Å²) in [7, 11) is 0. The van der Waals surface area contributed by atoms with E-state index in [0.717, 1.165) is 11.8 Å². The largest absolute Gasteiger partial charge is 0.303 e. The Hall–Kier alpha value is -1.44. The smallest absolute Gasteiger partial charge is 0.140 e. The van der Waals surface area contributed by atoms with Gasteiger partial charge in [0.1, 0.15) is 12.1 Å². The first kappa shape index (κ1) is 11.6. The second-order valence-corrected chi connectivity index (χ2v) is 3.96. The molecular formula is C13H16O2. The van der Waals surface area contributed by atoms with Crippen molar-refractivity contribution in [3.63, 3.8) is 0 Å². The molecule has 0 heterocycles. The third-order valence-electron chi connectivity index (χ3n) is 2.95. The third kappa shape index (κ3) is 2.52. The molecule has 0 N–H and O–H groups in total. The molecule has 1 atom stereocenters. The number of hydrogen-bond donors (Lipinski definition) is 0. The lowest BCUT2D eigenvalue weighted by molar-refractivity contribution is -0.122. The second kappa shape index (κ2) is 4.87. The predicted molar refractivity (Wildman–Crippen MR) is 59.8 cm³/mol. The summed E-state index contributed by atoms with van der Waals surface area (Å²) >= 11 is 0. The van der Waals surface area contributed by atoms with Crippen LogP contribution in [0.1, 0.15) is 32.3 Å². The highest BCUT2D eigenvalue weighted by atomic mass is 16.1. The minimum atomic E-state index is -0.526. The molecule has 0 bridgehead atoms. The van der Waals surface area contributed by atoms with Gasteiger partial charge in [-0.05, 0) is 25.8 Å². The highest BCUT2D eigenvalue weighted by Crippen LogP contribution is 2.29. The molecule has 0 saturated carbocycles. The van der Waals surface area contributed by atoms with Crippen molar-refractivity contribution in [1.29, 1.82) is 0 Å². The third-order valence-corrected chi connectivity index (χ3v) is 2.95. The molecule has 1 aromatic carbocycles. The Morgan fingerprint density at radius 2 is 1.93 bits per heavy atom. The molecule has 80 valence electrons. The number of hydrogen-bond acceptors (Lipinski definition) is 2. The van der Waals surface area contributed by atoms with Gasteiger partial charge in [0.2, 0.25) is 0 Å². The summed E-state index contributed by atoms with van der Waals surface area (Å²) in [5.74, 6) is 0.107. The summed E-state index contributed by atoms with van der Waals surface area (Å²) in [6.07, 6.45) is 1.87. The van der Waals surface area contributed by atoms with Crippen molar-refractivity contribution in [2.45, 2.75) is 32.1 Å². The van der Waals surface area contributed by atoms with Crippen LogP contribution in [-0.4, -0.2) is 12.1 Å². The van der Waals surface area contributed by atoms with Gasteiger partial charge in [-0.15, -0.1) is 0 Å². The summed E-state index contributed by atoms with van der Waals surface area (Å²) in [6, 6.07) is 9.62. The van der Waals surface area contributed by atoms with E-state index >= 15 is 0 Å². The number of benzene rings is 1. The van der Waals surface area contributed by atoms with Gasteiger partial charge in [-0.1, -0.05) is 30.3 Å². The summed E-state index contributed by atoms with van der Waals surface area (Å²) in [4.78, 5) is 22.1. The van der Waals surface area contributed by atoms with Gasteiger partial charge < -0.3 is 4.79 Å². The van der Waals surface area contributed by atoms with Crippen molar-refractivity contribution >= 4 is 12.1 Å². The fourth-order valence-electron chi connectivity index (χ4n) is 1.68. The van der Waals surface area contributed by atoms with Crippen molar-refractivity contribution in [2.24, 2.45) is 0 Å². The maximum atomic E-state index is 11.7. The van der Waals surface area contributed by atoms with E-state index in [1.807, 2.05) is 37.3 Å². The number of rotatable bonds is 5. The average molecular weight is 204 g/mol. The Kier molecular flexibility index (Phi) is 3.78. The van der Waals surface area contributed by atoms with E-state index in [2.05, 4.69) is 0 Å². The van der Waals surface area contributed by atoms with Crippen LogP contribution in [0, 0.1) is 0 Å². The van der Waals surface area contributed by atoms with Crippen LogP contribution in [0.2, 0.25) is 0 Å². The molecular weight excluding hydrogens is 188 g/mol. The van der Waals surface area contributed by atoms with Crippen molar-refractivity contribution in [2.75, 3.05) is 0 Å². The normalized spacial score (nSPS) is 14.3. The van der Waals surface area contributed by atoms with Gasteiger partial charge in [-0.2, -0.15) is 0 Å². The molecule has 2 heteroatoms. The van der Waals surface area contributed by atoms with Gasteiger partial charge in [-0.3, -0.25) is 4.79 Å². The summed E-state index contributed by atoms with van der Waals surface area (Å²) < 4.78 is 0. The molecule has 0 fully saturated rings. The molecule has 0 spiro atoms. The lowest BCUT2D eigenvalue weighted by Gasteiger charge is -2.26. The van der Waals surface area contributed by atoms with Crippen LogP contribution in [0.3, 0.4) is 0 Å². The number of aldehydes is 1. The average Bonchev–Trinajstić information content (AvgIpc) is 2.27. The Morgan fingerprint density at radius 3 is 2.40 bits per heavy atom. The Labute approximate surface area is 90.3 Å². The zero-order chi connectivity index (χ0) is 11.3. The topological polar surface area (TPSA) is 34.1 Å². The number of Topliss-reactive ketones (excluding diaryl/α,β-unsaturated/α-hetero) is 1. The van der Waals surface area contributed by atoms with Crippen LogP contribution in [0.5, 0.6) is 0 Å². The Bertz CT molecular complexity index is 343. The van der Waals surface area contributed by atoms with E-state index in [9.17, 15) is 9.59 Å². The Morgan fingerprint density at radius 1 is 1.33 bits per heavy atom. The lowest BCUT2D eigenvalue weighted by Crippen LogP contribution is -2.30. The van der Waals surface area contributed by atoms with Crippen LogP contribution < -0.4 is 0 Å². The Balaban J connectivity index is 3.01. The van der Waals surface area contributed by atoms with Gasteiger partial charge in [0.05, 0.1) is 5.41 Å². The molecule has 0 aliphatic rings. The fourth-order valence-corrected chi connectivity index (χ4v) is 1.68. The van der Waals surface area contributed by atoms with Crippen LogP contribution in [-0.2, 0) is 15.0 Å². The minimum absolute atomic E-state index is 0.107. The monoisotopic (exact) mass is 204 g/mol. The maximum Gasteiger partial charge on any atom is 0.140 e. The zero-order valence-electron chi connectivity index (χ0n) is 9.19. The first-order chi connectivity index (χ1) is 7.11. The first-order valence-electron chi connectivity index (χ1n) is 5.11. The van der Waals surface area contributed by atoms with Gasteiger partial charge in [0.15, 0.2) is 0 Å². The van der Waals surface area contributed by atoms with Crippen LogP contribution in [0.25, 0.3) is 0 Å². The summed E-state index contributed by atoms with van der Waals surface area (Å²) in [6.45, 7) is 3.48. The minimum Gasteiger partial charge on any atom is -0.303 e. The van der Waals surface area contributed by atoms with Gasteiger partial charge in [0, 0.05) is 6.42 Å². The van der Waals surface area contributed by atoms with E-state index in [1.165, 1.54) is 0 Å². The van der Waals surface area contributed by atoms with Crippen LogP contribution in [0.15, 0.2) is 30.3 Å². The predicted octanol–water partition coefficient (Wildman–Crippen LogP) is 2.51. The second-order valence-electron chi connectivity index (χ2n) is 3.96. The first-order valence-corrected chi connectivity index (χ1v) is 5.11. The molecule has 0 radical (unpaired) electrons. The van der Waals surface area contributed by atoms with E-state index in [4.69, 9.17) is 0 Å². The molecule has 0 aliphatic heterocycles. The van der Waals surface area contributed by atoms with E-state index in [1.54, 1.807) is 6.92 Å². The van der Waals surface area contributed by atoms with Crippen LogP contribution in [0.4, 0.5) is 0 Å². The molecule has 0 saturated heterocycles. The van der Waals surface area contributed by atoms with Crippen molar-refractivity contribution in [1.82, 2.24) is 0 Å². The van der Waals surface area contributed by atoms with Crippen molar-refractivity contribution < 1.29 is 9.59 Å². The highest BCUT2D eigenvalue weighted by Gasteiger charge is 2.30. The molecule has 0 aliphatic carbocycles. The van der Waals surface area contributed by atoms with E-state index in [-0.39, 0.29) is 5.78 Å². The molecule has 0 amide bonds. The van der Waals surface area contributed by atoms with Crippen LogP contribution >= 0.6 is 0 Å². The maximum absolute atomic E-state index is 11.7. The van der Waals surface area contributed by atoms with Crippen molar-refractivity contribution in [3.05, 3.63) is 35.9 Å². The van der Waals surface area contributed by atoms with E-state index in [0.29, 0.717) is 12.8 Å². The highest BCUT2D eigenvalue weighted by molar-refractivity contribution is 5.87. The SMILES string of the molecule is CC(=O)[C@@](C)(CCC=O)c1ccccc1. The van der Waals surface area contributed by atoms with Gasteiger partial charge >= 0.3 is 0 Å². The molecule has 1 rings (SSSR count). The molecule has 1 aromatic rings. The molecule has 15 heavy (non-hydrogen) atoms. The summed E-state index contributed by atoms with van der Waals surface area (Å²) in [5, 5.41) is 0. The molecule has 0 unspecified atom stereocenters. The molecule has 0 aromatic heterocycles. The van der Waals surface area contributed by atoms with Crippen molar-refractivity contribution in [3.8, 4) is 0 Å². The standard InChI is InChI=1S/C13H16O2/c1-11(15)13(2,9-6-10-14)12-7-4-3-5-8-12/h3-5,7-8,10H,6,9H2,1-2H3/t13-/m1/s1. The number of carbonyl (C=O) groups is 2. The number of carbonyl (C=O) groups excluding carboxylic acids is 2. The number of ketones is 1. The lowest BCUT2D eigenvalue weighted by atomic mass is 9.76. The zero-order valence-corrected chi connectivity index (χ0v) is 9.19. The summed E-state index contributed by atoms with van der Waals surface area (Å²) in [5.41, 5.74) is 0.460. The van der Waals surface area contributed by atoms with Gasteiger partial charge in [-0.25, -0.2) is 0 Å². The fraction of sp³-hybridized carbons (Fsp3) is 0.385. The van der Waals surface area contributed by atoms with Gasteiger partial charge in [0.25, 0.3) is 0 Å². The van der Waals surface area contributed by atoms with E-state index < -0.39 is 5.41 Å². The quantitative estimate of drug-likeness (QED) is 0.690. The molecule has 2 nitrogen and oxygen atoms in total.